The molecular formula is C20H25N3O2. The largest absolute Gasteiger partial charge is 0.362 e. The number of nitrogens with one attached hydrogen (secondary N) is 2. The van der Waals surface area contributed by atoms with Crippen LogP contribution in [0.1, 0.15) is 49.2 Å². The zero-order valence-corrected chi connectivity index (χ0v) is 15.0. The minimum Gasteiger partial charge on any atom is -0.362 e. The summed E-state index contributed by atoms with van der Waals surface area (Å²) in [7, 11) is 1.68. The second kappa shape index (κ2) is 9.08. The Morgan fingerprint density at radius 2 is 2.16 bits per heavy atom. The summed E-state index contributed by atoms with van der Waals surface area (Å²) in [5, 5.41) is 11.0. The molecule has 0 saturated heterocycles. The van der Waals surface area contributed by atoms with Crippen molar-refractivity contribution in [2.24, 2.45) is 0 Å². The maximum Gasteiger partial charge on any atom is 0.178 e. The molecule has 5 nitrogen and oxygen atoms in total. The van der Waals surface area contributed by atoms with E-state index in [1.807, 2.05) is 30.3 Å². The van der Waals surface area contributed by atoms with Crippen LogP contribution in [0.5, 0.6) is 0 Å². The van der Waals surface area contributed by atoms with E-state index in [-0.39, 0.29) is 12.0 Å². The predicted octanol–water partition coefficient (Wildman–Crippen LogP) is 4.52. The Bertz CT molecular complexity index is 743. The molecule has 2 aromatic rings. The third-order valence-electron chi connectivity index (χ3n) is 4.04. The molecular weight excluding hydrogens is 314 g/mol. The van der Waals surface area contributed by atoms with E-state index in [0.29, 0.717) is 5.69 Å². The molecule has 1 atom stereocenters. The van der Waals surface area contributed by atoms with Crippen molar-refractivity contribution in [2.45, 2.75) is 39.3 Å². The number of anilines is 1. The van der Waals surface area contributed by atoms with Gasteiger partial charge in [-0.15, -0.1) is 0 Å². The summed E-state index contributed by atoms with van der Waals surface area (Å²) in [5.74, 6) is -0.0599. The van der Waals surface area contributed by atoms with Crippen LogP contribution in [-0.2, 0) is 4.74 Å². The van der Waals surface area contributed by atoms with Crippen LogP contribution >= 0.6 is 0 Å². The average molecular weight is 339 g/mol. The fourth-order valence-corrected chi connectivity index (χ4v) is 2.57. The van der Waals surface area contributed by atoms with Gasteiger partial charge in [0.15, 0.2) is 5.78 Å². The monoisotopic (exact) mass is 339 g/mol. The van der Waals surface area contributed by atoms with Crippen LogP contribution in [0.2, 0.25) is 0 Å². The van der Waals surface area contributed by atoms with Crippen molar-refractivity contribution in [1.82, 2.24) is 4.98 Å². The third-order valence-corrected chi connectivity index (χ3v) is 4.04. The number of carbonyl (C=O) groups is 1. The van der Waals surface area contributed by atoms with Crippen LogP contribution in [0.3, 0.4) is 0 Å². The number of unbranched alkanes of at least 4 members (excludes halogenated alkanes) is 1. The number of ketones is 1. The quantitative estimate of drug-likeness (QED) is 0.400. The Kier molecular flexibility index (Phi) is 6.83. The first kappa shape index (κ1) is 18.8. The van der Waals surface area contributed by atoms with Gasteiger partial charge in [0.25, 0.3) is 0 Å². The molecule has 1 aromatic carbocycles. The van der Waals surface area contributed by atoms with E-state index in [0.717, 1.165) is 41.8 Å². The number of Topliss-reactive ketones (excluding diaryl/α,β-unsaturated/α-hetero) is 1. The Morgan fingerprint density at radius 3 is 2.80 bits per heavy atom. The highest BCUT2D eigenvalue weighted by atomic mass is 16.5. The fourth-order valence-electron chi connectivity index (χ4n) is 2.57. The topological polar surface area (TPSA) is 75.1 Å². The van der Waals surface area contributed by atoms with Crippen molar-refractivity contribution in [3.05, 3.63) is 47.7 Å². The third kappa shape index (κ3) is 4.97. The summed E-state index contributed by atoms with van der Waals surface area (Å²) in [4.78, 5) is 16.0. The SMILES string of the molecule is CCCCC(Nc1cc(-c2cccc(C(C)=O)n2)ccc1C=N)OC. The lowest BCUT2D eigenvalue weighted by Crippen LogP contribution is -2.22. The number of rotatable bonds is 9. The van der Waals surface area contributed by atoms with Gasteiger partial charge in [0.1, 0.15) is 11.9 Å². The molecule has 0 fully saturated rings. The van der Waals surface area contributed by atoms with Gasteiger partial charge in [-0.1, -0.05) is 31.5 Å². The van der Waals surface area contributed by atoms with Crippen LogP contribution in [0.25, 0.3) is 11.3 Å². The van der Waals surface area contributed by atoms with Gasteiger partial charge in [-0.05, 0) is 31.0 Å². The summed E-state index contributed by atoms with van der Waals surface area (Å²) in [6.45, 7) is 3.65. The number of benzene rings is 1. The highest BCUT2D eigenvalue weighted by Crippen LogP contribution is 2.25. The van der Waals surface area contributed by atoms with Crippen molar-refractivity contribution < 1.29 is 9.53 Å². The van der Waals surface area contributed by atoms with Gasteiger partial charge in [0.2, 0.25) is 0 Å². The average Bonchev–Trinajstić information content (AvgIpc) is 2.65. The van der Waals surface area contributed by atoms with E-state index in [1.54, 1.807) is 13.2 Å². The van der Waals surface area contributed by atoms with E-state index in [2.05, 4.69) is 17.2 Å². The molecule has 2 rings (SSSR count). The van der Waals surface area contributed by atoms with Gasteiger partial charge < -0.3 is 15.5 Å². The Morgan fingerprint density at radius 1 is 1.36 bits per heavy atom. The molecule has 0 saturated carbocycles. The van der Waals surface area contributed by atoms with Gasteiger partial charge >= 0.3 is 0 Å². The molecule has 5 heteroatoms. The molecule has 0 aliphatic heterocycles. The number of nitrogens with zero attached hydrogens (tertiary/aromatic N) is 1. The number of pyridine rings is 1. The first-order valence-corrected chi connectivity index (χ1v) is 8.51. The second-order valence-electron chi connectivity index (χ2n) is 5.92. The van der Waals surface area contributed by atoms with Crippen LogP contribution in [0.15, 0.2) is 36.4 Å². The molecule has 0 spiro atoms. The number of hydrogen-bond donors (Lipinski definition) is 2. The first-order valence-electron chi connectivity index (χ1n) is 8.51. The highest BCUT2D eigenvalue weighted by Gasteiger charge is 2.11. The summed E-state index contributed by atoms with van der Waals surface area (Å²) >= 11 is 0. The fraction of sp³-hybridized carbons (Fsp3) is 0.350. The lowest BCUT2D eigenvalue weighted by Gasteiger charge is -2.20. The molecule has 2 N–H and O–H groups in total. The van der Waals surface area contributed by atoms with E-state index >= 15 is 0 Å². The number of methoxy groups -OCH3 is 1. The van der Waals surface area contributed by atoms with E-state index in [1.165, 1.54) is 13.1 Å². The van der Waals surface area contributed by atoms with Crippen molar-refractivity contribution in [1.29, 1.82) is 5.41 Å². The summed E-state index contributed by atoms with van der Waals surface area (Å²) in [6.07, 6.45) is 4.27. The van der Waals surface area contributed by atoms with Crippen LogP contribution in [0.4, 0.5) is 5.69 Å². The molecule has 1 unspecified atom stereocenters. The van der Waals surface area contributed by atoms with Gasteiger partial charge in [-0.25, -0.2) is 4.98 Å². The van der Waals surface area contributed by atoms with Crippen LogP contribution < -0.4 is 5.32 Å². The zero-order valence-electron chi connectivity index (χ0n) is 15.0. The van der Waals surface area contributed by atoms with Crippen molar-refractivity contribution in [2.75, 3.05) is 12.4 Å². The van der Waals surface area contributed by atoms with E-state index in [9.17, 15) is 4.79 Å². The standard InChI is InChI=1S/C20H25N3O2/c1-4-5-9-20(25-3)23-19-12-15(10-11-16(19)13-21)18-8-6-7-17(22-18)14(2)24/h6-8,10-13,20-21,23H,4-5,9H2,1-3H3. The van der Waals surface area contributed by atoms with Crippen molar-refractivity contribution in [3.8, 4) is 11.3 Å². The highest BCUT2D eigenvalue weighted by molar-refractivity contribution is 5.93. The summed E-state index contributed by atoms with van der Waals surface area (Å²) < 4.78 is 5.51. The minimum atomic E-state index is -0.106. The Hall–Kier alpha value is -2.53. The Labute approximate surface area is 149 Å². The van der Waals surface area contributed by atoms with Gasteiger partial charge in [0, 0.05) is 37.1 Å². The van der Waals surface area contributed by atoms with E-state index < -0.39 is 0 Å². The summed E-state index contributed by atoms with van der Waals surface area (Å²) in [6, 6.07) is 11.1. The van der Waals surface area contributed by atoms with E-state index in [4.69, 9.17) is 10.1 Å². The molecule has 0 aliphatic carbocycles. The molecule has 1 aromatic heterocycles. The smallest absolute Gasteiger partial charge is 0.178 e. The Balaban J connectivity index is 2.34. The zero-order chi connectivity index (χ0) is 18.2. The van der Waals surface area contributed by atoms with Gasteiger partial charge in [0.05, 0.1) is 5.69 Å². The molecule has 0 amide bonds. The first-order chi connectivity index (χ1) is 12.1. The maximum absolute atomic E-state index is 11.6. The maximum atomic E-state index is 11.6. The minimum absolute atomic E-state index is 0.0599. The number of aromatic nitrogens is 1. The predicted molar refractivity (Wildman–Crippen MR) is 102 cm³/mol. The second-order valence-corrected chi connectivity index (χ2v) is 5.92. The van der Waals surface area contributed by atoms with Crippen molar-refractivity contribution in [3.63, 3.8) is 0 Å². The number of hydrogen-bond acceptors (Lipinski definition) is 5. The summed E-state index contributed by atoms with van der Waals surface area (Å²) in [5.41, 5.74) is 3.67. The normalized spacial score (nSPS) is 11.8. The van der Waals surface area contributed by atoms with Crippen molar-refractivity contribution >= 4 is 17.7 Å². The van der Waals surface area contributed by atoms with Crippen LogP contribution in [0, 0.1) is 5.41 Å². The molecule has 0 aliphatic rings. The molecule has 1 heterocycles. The number of ether oxygens (including phenoxy) is 1. The lowest BCUT2D eigenvalue weighted by molar-refractivity contribution is 0.101. The number of carbonyl (C=O) groups excluding carboxylic acids is 1. The molecule has 25 heavy (non-hydrogen) atoms. The molecule has 0 radical (unpaired) electrons. The lowest BCUT2D eigenvalue weighted by atomic mass is 10.1. The van der Waals surface area contributed by atoms with Gasteiger partial charge in [-0.2, -0.15) is 0 Å². The van der Waals surface area contributed by atoms with Gasteiger partial charge in [-0.3, -0.25) is 4.79 Å². The van der Waals surface area contributed by atoms with Crippen LogP contribution in [-0.4, -0.2) is 30.3 Å². The molecule has 0 bridgehead atoms. The molecule has 132 valence electrons.